The number of aromatic nitrogens is 2. The molecule has 1 aromatic heterocycles. The molecule has 0 saturated carbocycles. The Morgan fingerprint density at radius 1 is 1.67 bits per heavy atom. The Bertz CT molecular complexity index is 371. The molecule has 0 aliphatic heterocycles. The molecule has 0 spiro atoms. The summed E-state index contributed by atoms with van der Waals surface area (Å²) in [6, 6.07) is 0. The van der Waals surface area contributed by atoms with Crippen molar-refractivity contribution in [3.05, 3.63) is 18.2 Å². The molecule has 1 rings (SSSR count). The van der Waals surface area contributed by atoms with Crippen LogP contribution < -0.4 is 0 Å². The number of halogens is 1. The maximum absolute atomic E-state index is 10.9. The van der Waals surface area contributed by atoms with Crippen LogP contribution in [-0.2, 0) is 16.1 Å². The lowest BCUT2D eigenvalue weighted by Crippen LogP contribution is -2.08. The van der Waals surface area contributed by atoms with Gasteiger partial charge in [0.25, 0.3) is 0 Å². The second-order valence-electron chi connectivity index (χ2n) is 2.51. The average molecular weight is 209 g/mol. The number of hydrogen-bond acceptors (Lipinski definition) is 3. The molecule has 68 valence electrons. The first-order valence-corrected chi connectivity index (χ1v) is 5.71. The van der Waals surface area contributed by atoms with E-state index in [1.807, 2.05) is 0 Å². The topological polar surface area (TPSA) is 52.0 Å². The van der Waals surface area contributed by atoms with Crippen molar-refractivity contribution >= 4 is 19.7 Å². The summed E-state index contributed by atoms with van der Waals surface area (Å²) in [6.07, 6.45) is 3.21. The highest BCUT2D eigenvalue weighted by molar-refractivity contribution is 8.13. The summed E-state index contributed by atoms with van der Waals surface area (Å²) in [5.41, 5.74) is 0. The fraction of sp³-hybridized carbons (Fsp3) is 0.500. The van der Waals surface area contributed by atoms with Crippen molar-refractivity contribution < 1.29 is 8.42 Å². The second-order valence-corrected chi connectivity index (χ2v) is 5.46. The first-order chi connectivity index (χ1) is 5.43. The van der Waals surface area contributed by atoms with E-state index in [1.54, 1.807) is 17.8 Å². The highest BCUT2D eigenvalue weighted by atomic mass is 35.7. The lowest BCUT2D eigenvalue weighted by molar-refractivity contribution is 0.594. The minimum absolute atomic E-state index is 0.449. The molecule has 0 saturated heterocycles. The van der Waals surface area contributed by atoms with Gasteiger partial charge in [0.1, 0.15) is 11.1 Å². The van der Waals surface area contributed by atoms with Crippen LogP contribution in [0.1, 0.15) is 18.0 Å². The van der Waals surface area contributed by atoms with Crippen molar-refractivity contribution in [2.24, 2.45) is 7.05 Å². The van der Waals surface area contributed by atoms with Gasteiger partial charge in [-0.1, -0.05) is 0 Å². The zero-order chi connectivity index (χ0) is 9.35. The van der Waals surface area contributed by atoms with Gasteiger partial charge in [0.05, 0.1) is 0 Å². The normalized spacial score (nSPS) is 14.6. The summed E-state index contributed by atoms with van der Waals surface area (Å²) in [5, 5.41) is -0.765. The summed E-state index contributed by atoms with van der Waals surface area (Å²) in [6.45, 7) is 1.50. The van der Waals surface area contributed by atoms with Gasteiger partial charge in [-0.2, -0.15) is 0 Å². The fourth-order valence-electron chi connectivity index (χ4n) is 0.895. The zero-order valence-electron chi connectivity index (χ0n) is 6.73. The van der Waals surface area contributed by atoms with Crippen molar-refractivity contribution in [1.29, 1.82) is 0 Å². The third-order valence-electron chi connectivity index (χ3n) is 1.64. The lowest BCUT2D eigenvalue weighted by Gasteiger charge is -2.06. The van der Waals surface area contributed by atoms with Crippen LogP contribution >= 0.6 is 10.7 Å². The van der Waals surface area contributed by atoms with Crippen molar-refractivity contribution in [1.82, 2.24) is 9.55 Å². The van der Waals surface area contributed by atoms with Gasteiger partial charge in [0.15, 0.2) is 0 Å². The summed E-state index contributed by atoms with van der Waals surface area (Å²) in [7, 11) is 3.33. The quantitative estimate of drug-likeness (QED) is 0.683. The predicted octanol–water partition coefficient (Wildman–Crippen LogP) is 1.05. The minimum atomic E-state index is -3.56. The largest absolute Gasteiger partial charge is 0.337 e. The smallest absolute Gasteiger partial charge is 0.242 e. The van der Waals surface area contributed by atoms with Gasteiger partial charge < -0.3 is 4.57 Å². The molecule has 0 N–H and O–H groups in total. The van der Waals surface area contributed by atoms with E-state index in [4.69, 9.17) is 10.7 Å². The van der Waals surface area contributed by atoms with E-state index in [0.717, 1.165) is 0 Å². The highest BCUT2D eigenvalue weighted by Crippen LogP contribution is 2.22. The Morgan fingerprint density at radius 3 is 2.58 bits per heavy atom. The zero-order valence-corrected chi connectivity index (χ0v) is 8.30. The van der Waals surface area contributed by atoms with E-state index < -0.39 is 14.3 Å². The van der Waals surface area contributed by atoms with Crippen LogP contribution in [0.25, 0.3) is 0 Å². The monoisotopic (exact) mass is 208 g/mol. The molecule has 4 nitrogen and oxygen atoms in total. The molecule has 0 amide bonds. The Morgan fingerprint density at radius 2 is 2.25 bits per heavy atom. The van der Waals surface area contributed by atoms with Crippen molar-refractivity contribution in [2.45, 2.75) is 12.2 Å². The van der Waals surface area contributed by atoms with Gasteiger partial charge >= 0.3 is 0 Å². The Kier molecular flexibility index (Phi) is 2.44. The molecule has 0 fully saturated rings. The van der Waals surface area contributed by atoms with Crippen LogP contribution in [0.4, 0.5) is 0 Å². The average Bonchev–Trinajstić information content (AvgIpc) is 2.31. The van der Waals surface area contributed by atoms with E-state index in [1.165, 1.54) is 13.1 Å². The first-order valence-electron chi connectivity index (χ1n) is 3.33. The van der Waals surface area contributed by atoms with Crippen LogP contribution in [0.2, 0.25) is 0 Å². The molecule has 0 unspecified atom stereocenters. The number of rotatable bonds is 2. The molecule has 0 aliphatic rings. The molecule has 1 aromatic rings. The molecule has 1 atom stereocenters. The van der Waals surface area contributed by atoms with Crippen molar-refractivity contribution in [3.8, 4) is 0 Å². The molecule has 6 heteroatoms. The molecule has 12 heavy (non-hydrogen) atoms. The summed E-state index contributed by atoms with van der Waals surface area (Å²) >= 11 is 0. The Labute approximate surface area is 75.6 Å². The number of aryl methyl sites for hydroxylation is 1. The molecule has 1 heterocycles. The molecular formula is C6H9ClN2O2S. The molecular weight excluding hydrogens is 200 g/mol. The van der Waals surface area contributed by atoms with E-state index in [0.29, 0.717) is 5.82 Å². The van der Waals surface area contributed by atoms with E-state index in [2.05, 4.69) is 4.98 Å². The van der Waals surface area contributed by atoms with Crippen LogP contribution in [0.5, 0.6) is 0 Å². The van der Waals surface area contributed by atoms with Gasteiger partial charge in [-0.05, 0) is 6.92 Å². The maximum atomic E-state index is 10.9. The fourth-order valence-corrected chi connectivity index (χ4v) is 1.61. The SMILES string of the molecule is C[C@@H](c1nccn1C)S(=O)(=O)Cl. The lowest BCUT2D eigenvalue weighted by atomic mass is 10.4. The number of hydrogen-bond donors (Lipinski definition) is 0. The summed E-state index contributed by atoms with van der Waals surface area (Å²) < 4.78 is 23.4. The van der Waals surface area contributed by atoms with E-state index >= 15 is 0 Å². The van der Waals surface area contributed by atoms with Crippen molar-refractivity contribution in [2.75, 3.05) is 0 Å². The molecule has 0 aliphatic carbocycles. The second kappa shape index (κ2) is 3.06. The van der Waals surface area contributed by atoms with Crippen LogP contribution in [0, 0.1) is 0 Å². The Hall–Kier alpha value is -0.550. The maximum Gasteiger partial charge on any atom is 0.242 e. The van der Waals surface area contributed by atoms with Crippen LogP contribution in [-0.4, -0.2) is 18.0 Å². The van der Waals surface area contributed by atoms with Gasteiger partial charge in [0, 0.05) is 30.1 Å². The minimum Gasteiger partial charge on any atom is -0.337 e. The third kappa shape index (κ3) is 1.78. The van der Waals surface area contributed by atoms with Gasteiger partial charge in [-0.15, -0.1) is 0 Å². The van der Waals surface area contributed by atoms with Gasteiger partial charge in [-0.3, -0.25) is 0 Å². The van der Waals surface area contributed by atoms with Crippen LogP contribution in [0.15, 0.2) is 12.4 Å². The standard InChI is InChI=1S/C6H9ClN2O2S/c1-5(12(7,10)11)6-8-3-4-9(6)2/h3-5H,1-2H3/t5-/m0/s1. The summed E-state index contributed by atoms with van der Waals surface area (Å²) in [4.78, 5) is 3.88. The highest BCUT2D eigenvalue weighted by Gasteiger charge is 2.22. The van der Waals surface area contributed by atoms with Crippen molar-refractivity contribution in [3.63, 3.8) is 0 Å². The third-order valence-corrected chi connectivity index (χ3v) is 3.50. The Balaban J connectivity index is 3.09. The first kappa shape index (κ1) is 9.54. The number of imidazole rings is 1. The number of nitrogens with zero attached hydrogens (tertiary/aromatic N) is 2. The van der Waals surface area contributed by atoms with E-state index in [-0.39, 0.29) is 0 Å². The van der Waals surface area contributed by atoms with Gasteiger partial charge in [0.2, 0.25) is 9.05 Å². The predicted molar refractivity (Wildman–Crippen MR) is 46.4 cm³/mol. The van der Waals surface area contributed by atoms with E-state index in [9.17, 15) is 8.42 Å². The molecule has 0 bridgehead atoms. The summed E-state index contributed by atoms with van der Waals surface area (Å²) in [5.74, 6) is 0.449. The van der Waals surface area contributed by atoms with Crippen LogP contribution in [0.3, 0.4) is 0 Å². The molecule has 0 radical (unpaired) electrons. The van der Waals surface area contributed by atoms with Gasteiger partial charge in [-0.25, -0.2) is 13.4 Å². The molecule has 0 aromatic carbocycles.